The van der Waals surface area contributed by atoms with Gasteiger partial charge in [-0.25, -0.2) is 0 Å². The van der Waals surface area contributed by atoms with Gasteiger partial charge in [0.05, 0.1) is 0 Å². The molecule has 1 aromatic carbocycles. The molecule has 82 valence electrons. The number of aromatic hydroxyl groups is 1. The van der Waals surface area contributed by atoms with E-state index in [2.05, 4.69) is 5.32 Å². The molecule has 1 aliphatic rings. The van der Waals surface area contributed by atoms with Gasteiger partial charge in [0.25, 0.3) is 5.56 Å². The Balaban J connectivity index is 2.51. The van der Waals surface area contributed by atoms with Crippen LogP contribution in [-0.2, 0) is 13.5 Å². The van der Waals surface area contributed by atoms with Crippen molar-refractivity contribution in [2.45, 2.75) is 6.42 Å². The molecule has 2 heterocycles. The fourth-order valence-electron chi connectivity index (χ4n) is 2.29. The van der Waals surface area contributed by atoms with Gasteiger partial charge in [-0.05, 0) is 29.5 Å². The maximum atomic E-state index is 11.6. The van der Waals surface area contributed by atoms with Crippen LogP contribution in [-0.4, -0.2) is 16.2 Å². The number of aromatic nitrogens is 1. The fraction of sp³-hybridized carbons (Fsp3) is 0.250. The number of anilines is 1. The Bertz CT molecular complexity index is 643. The summed E-state index contributed by atoms with van der Waals surface area (Å²) in [6.07, 6.45) is 0.902. The average molecular weight is 216 g/mol. The van der Waals surface area contributed by atoms with E-state index in [0.29, 0.717) is 0 Å². The molecule has 0 spiro atoms. The van der Waals surface area contributed by atoms with Crippen LogP contribution < -0.4 is 10.9 Å². The molecule has 0 unspecified atom stereocenters. The molecular weight excluding hydrogens is 204 g/mol. The van der Waals surface area contributed by atoms with Crippen LogP contribution in [0.1, 0.15) is 5.56 Å². The minimum absolute atomic E-state index is 0.0391. The molecule has 1 aromatic heterocycles. The molecule has 4 nitrogen and oxygen atoms in total. The molecule has 2 N–H and O–H groups in total. The quantitative estimate of drug-likeness (QED) is 0.696. The number of hydrogen-bond donors (Lipinski definition) is 2. The molecule has 0 atom stereocenters. The molecule has 1 aliphatic heterocycles. The predicted octanol–water partition coefficient (Wildman–Crippen LogP) is 1.21. The van der Waals surface area contributed by atoms with E-state index in [1.54, 1.807) is 13.1 Å². The zero-order chi connectivity index (χ0) is 11.3. The van der Waals surface area contributed by atoms with Gasteiger partial charge in [0.1, 0.15) is 0 Å². The van der Waals surface area contributed by atoms with Crippen LogP contribution in [0.5, 0.6) is 5.88 Å². The SMILES string of the molecule is Cn1c(O)c2ccc3c(c2cc1=O)CCN3. The lowest BCUT2D eigenvalue weighted by molar-refractivity contribution is 0.430. The zero-order valence-corrected chi connectivity index (χ0v) is 8.95. The van der Waals surface area contributed by atoms with Gasteiger partial charge in [-0.3, -0.25) is 9.36 Å². The molecule has 0 saturated carbocycles. The summed E-state index contributed by atoms with van der Waals surface area (Å²) in [6.45, 7) is 0.893. The molecule has 0 aliphatic carbocycles. The van der Waals surface area contributed by atoms with Crippen molar-refractivity contribution < 1.29 is 5.11 Å². The number of nitrogens with one attached hydrogen (secondary N) is 1. The lowest BCUT2D eigenvalue weighted by Gasteiger charge is -2.09. The van der Waals surface area contributed by atoms with Gasteiger partial charge in [-0.15, -0.1) is 0 Å². The van der Waals surface area contributed by atoms with Crippen molar-refractivity contribution in [3.8, 4) is 5.88 Å². The van der Waals surface area contributed by atoms with Crippen molar-refractivity contribution in [1.82, 2.24) is 4.57 Å². The van der Waals surface area contributed by atoms with E-state index in [1.807, 2.05) is 12.1 Å². The Hall–Kier alpha value is -1.97. The van der Waals surface area contributed by atoms with Gasteiger partial charge in [0, 0.05) is 30.7 Å². The summed E-state index contributed by atoms with van der Waals surface area (Å²) in [5.74, 6) is 0.0391. The van der Waals surface area contributed by atoms with Gasteiger partial charge in [0.15, 0.2) is 0 Å². The van der Waals surface area contributed by atoms with Gasteiger partial charge >= 0.3 is 0 Å². The number of hydrogen-bond acceptors (Lipinski definition) is 3. The van der Waals surface area contributed by atoms with Crippen LogP contribution in [0.15, 0.2) is 23.0 Å². The highest BCUT2D eigenvalue weighted by atomic mass is 16.3. The number of rotatable bonds is 0. The van der Waals surface area contributed by atoms with Gasteiger partial charge in [0.2, 0.25) is 5.88 Å². The fourth-order valence-corrected chi connectivity index (χ4v) is 2.29. The Kier molecular flexibility index (Phi) is 1.74. The average Bonchev–Trinajstić information content (AvgIpc) is 2.74. The van der Waals surface area contributed by atoms with E-state index < -0.39 is 0 Å². The molecule has 0 saturated heterocycles. The molecule has 16 heavy (non-hydrogen) atoms. The Morgan fingerprint density at radius 2 is 2.19 bits per heavy atom. The lowest BCUT2D eigenvalue weighted by Crippen LogP contribution is -2.15. The largest absolute Gasteiger partial charge is 0.494 e. The Labute approximate surface area is 92.1 Å². The molecule has 0 bridgehead atoms. The second-order valence-corrected chi connectivity index (χ2v) is 4.09. The number of nitrogens with zero attached hydrogens (tertiary/aromatic N) is 1. The second-order valence-electron chi connectivity index (χ2n) is 4.09. The first-order chi connectivity index (χ1) is 7.68. The summed E-state index contributed by atoms with van der Waals surface area (Å²) in [6, 6.07) is 5.40. The molecule has 0 radical (unpaired) electrons. The summed E-state index contributed by atoms with van der Waals surface area (Å²) in [5, 5.41) is 14.8. The van der Waals surface area contributed by atoms with Crippen molar-refractivity contribution in [1.29, 1.82) is 0 Å². The van der Waals surface area contributed by atoms with Crippen molar-refractivity contribution in [2.24, 2.45) is 7.05 Å². The van der Waals surface area contributed by atoms with Crippen LogP contribution in [0.4, 0.5) is 5.69 Å². The topological polar surface area (TPSA) is 54.3 Å². The van der Waals surface area contributed by atoms with Crippen molar-refractivity contribution in [3.05, 3.63) is 34.1 Å². The summed E-state index contributed by atoms with van der Waals surface area (Å²) >= 11 is 0. The third-order valence-corrected chi connectivity index (χ3v) is 3.20. The van der Waals surface area contributed by atoms with E-state index in [4.69, 9.17) is 0 Å². The van der Waals surface area contributed by atoms with E-state index in [9.17, 15) is 9.90 Å². The third kappa shape index (κ3) is 1.07. The molecule has 0 amide bonds. The maximum absolute atomic E-state index is 11.6. The minimum atomic E-state index is -0.176. The van der Waals surface area contributed by atoms with Crippen LogP contribution in [0, 0.1) is 0 Å². The summed E-state index contributed by atoms with van der Waals surface area (Å²) < 4.78 is 1.26. The van der Waals surface area contributed by atoms with Crippen LogP contribution in [0.2, 0.25) is 0 Å². The highest BCUT2D eigenvalue weighted by Crippen LogP contribution is 2.32. The van der Waals surface area contributed by atoms with Gasteiger partial charge < -0.3 is 10.4 Å². The van der Waals surface area contributed by atoms with Crippen molar-refractivity contribution >= 4 is 16.5 Å². The Morgan fingerprint density at radius 1 is 1.38 bits per heavy atom. The summed E-state index contributed by atoms with van der Waals surface area (Å²) in [4.78, 5) is 11.6. The number of benzene rings is 1. The molecule has 0 fully saturated rings. The number of pyridine rings is 1. The van der Waals surface area contributed by atoms with E-state index in [-0.39, 0.29) is 11.4 Å². The molecule has 2 aromatic rings. The normalized spacial score (nSPS) is 13.8. The first-order valence-corrected chi connectivity index (χ1v) is 5.27. The maximum Gasteiger partial charge on any atom is 0.253 e. The van der Waals surface area contributed by atoms with Crippen LogP contribution >= 0.6 is 0 Å². The summed E-state index contributed by atoms with van der Waals surface area (Å²) in [5.41, 5.74) is 2.02. The second kappa shape index (κ2) is 3.01. The highest BCUT2D eigenvalue weighted by Gasteiger charge is 2.16. The van der Waals surface area contributed by atoms with Crippen molar-refractivity contribution in [3.63, 3.8) is 0 Å². The smallest absolute Gasteiger partial charge is 0.253 e. The van der Waals surface area contributed by atoms with Crippen molar-refractivity contribution in [2.75, 3.05) is 11.9 Å². The van der Waals surface area contributed by atoms with Crippen LogP contribution in [0.25, 0.3) is 10.8 Å². The molecule has 3 rings (SSSR count). The zero-order valence-electron chi connectivity index (χ0n) is 8.95. The van der Waals surface area contributed by atoms with Gasteiger partial charge in [-0.2, -0.15) is 0 Å². The molecule has 4 heteroatoms. The number of fused-ring (bicyclic) bond motifs is 3. The highest BCUT2D eigenvalue weighted by molar-refractivity contribution is 5.94. The van der Waals surface area contributed by atoms with E-state index in [1.165, 1.54) is 4.57 Å². The van der Waals surface area contributed by atoms with Crippen LogP contribution in [0.3, 0.4) is 0 Å². The monoisotopic (exact) mass is 216 g/mol. The third-order valence-electron chi connectivity index (χ3n) is 3.20. The first-order valence-electron chi connectivity index (χ1n) is 5.27. The first kappa shape index (κ1) is 9.27. The Morgan fingerprint density at radius 3 is 3.00 bits per heavy atom. The van der Waals surface area contributed by atoms with E-state index >= 15 is 0 Å². The predicted molar refractivity (Wildman–Crippen MR) is 63.0 cm³/mol. The van der Waals surface area contributed by atoms with E-state index in [0.717, 1.165) is 35.0 Å². The minimum Gasteiger partial charge on any atom is -0.494 e. The molecular formula is C12H12N2O2. The summed E-state index contributed by atoms with van der Waals surface area (Å²) in [7, 11) is 1.57. The van der Waals surface area contributed by atoms with Gasteiger partial charge in [-0.1, -0.05) is 0 Å². The lowest BCUT2D eigenvalue weighted by atomic mass is 10.0. The standard InChI is InChI=1S/C12H12N2O2/c1-14-11(15)6-9-7-4-5-13-10(7)3-2-8(9)12(14)16/h2-3,6,13,16H,4-5H2,1H3.